The number of carbonyl (C=O) groups excluding carboxylic acids is 1. The third-order valence-corrected chi connectivity index (χ3v) is 5.21. The van der Waals surface area contributed by atoms with Gasteiger partial charge >= 0.3 is 6.03 Å². The summed E-state index contributed by atoms with van der Waals surface area (Å²) in [5.74, 6) is -0.352. The van der Waals surface area contributed by atoms with E-state index in [0.717, 1.165) is 19.3 Å². The Morgan fingerprint density at radius 3 is 2.68 bits per heavy atom. The van der Waals surface area contributed by atoms with E-state index in [4.69, 9.17) is 0 Å². The van der Waals surface area contributed by atoms with E-state index in [0.29, 0.717) is 10.8 Å². The molecule has 2 amide bonds. The molecule has 22 heavy (non-hydrogen) atoms. The van der Waals surface area contributed by atoms with Gasteiger partial charge < -0.3 is 15.7 Å². The van der Waals surface area contributed by atoms with Gasteiger partial charge in [-0.25, -0.2) is 9.18 Å². The van der Waals surface area contributed by atoms with E-state index in [1.165, 1.54) is 24.3 Å². The number of urea groups is 1. The van der Waals surface area contributed by atoms with Gasteiger partial charge in [0.1, 0.15) is 11.4 Å². The molecule has 0 heterocycles. The Hall–Kier alpha value is -1.27. The van der Waals surface area contributed by atoms with Crippen molar-refractivity contribution < 1.29 is 14.3 Å². The van der Waals surface area contributed by atoms with Gasteiger partial charge in [0.2, 0.25) is 0 Å². The first-order chi connectivity index (χ1) is 10.4. The van der Waals surface area contributed by atoms with Gasteiger partial charge in [0, 0.05) is 11.3 Å². The molecule has 3 unspecified atom stereocenters. The van der Waals surface area contributed by atoms with Gasteiger partial charge in [-0.1, -0.05) is 12.1 Å². The third-order valence-electron chi connectivity index (χ3n) is 4.11. The lowest BCUT2D eigenvalue weighted by Gasteiger charge is -2.25. The topological polar surface area (TPSA) is 61.4 Å². The molecule has 0 spiro atoms. The van der Waals surface area contributed by atoms with Crippen molar-refractivity contribution in [1.82, 2.24) is 10.6 Å². The molecule has 0 bridgehead atoms. The molecule has 3 atom stereocenters. The normalized spacial score (nSPS) is 23.8. The monoisotopic (exact) mass is 326 g/mol. The fourth-order valence-corrected chi connectivity index (χ4v) is 3.48. The minimum absolute atomic E-state index is 0.0726. The Bertz CT molecular complexity index is 507. The molecule has 1 aliphatic rings. The second-order valence-electron chi connectivity index (χ2n) is 5.98. The van der Waals surface area contributed by atoms with E-state index in [1.54, 1.807) is 6.92 Å². The van der Waals surface area contributed by atoms with Crippen LogP contribution in [-0.2, 0) is 5.60 Å². The van der Waals surface area contributed by atoms with Gasteiger partial charge in [-0.05, 0) is 50.1 Å². The number of benzene rings is 1. The minimum atomic E-state index is -1.23. The number of rotatable bonds is 5. The lowest BCUT2D eigenvalue weighted by atomic mass is 9.96. The van der Waals surface area contributed by atoms with Crippen LogP contribution >= 0.6 is 11.8 Å². The average molecular weight is 326 g/mol. The smallest absolute Gasteiger partial charge is 0.315 e. The summed E-state index contributed by atoms with van der Waals surface area (Å²) in [7, 11) is 0. The third kappa shape index (κ3) is 4.61. The van der Waals surface area contributed by atoms with Crippen LogP contribution < -0.4 is 10.6 Å². The summed E-state index contributed by atoms with van der Waals surface area (Å²) in [5, 5.41) is 16.7. The van der Waals surface area contributed by atoms with Gasteiger partial charge in [0.05, 0.1) is 6.54 Å². The maximum absolute atomic E-state index is 12.9. The van der Waals surface area contributed by atoms with Gasteiger partial charge in [-0.2, -0.15) is 11.8 Å². The van der Waals surface area contributed by atoms with Crippen LogP contribution in [0, 0.1) is 5.82 Å². The van der Waals surface area contributed by atoms with Crippen molar-refractivity contribution in [3.8, 4) is 0 Å². The van der Waals surface area contributed by atoms with Crippen molar-refractivity contribution >= 4 is 17.8 Å². The van der Waals surface area contributed by atoms with Crippen LogP contribution in [0.3, 0.4) is 0 Å². The second kappa shape index (κ2) is 7.33. The zero-order valence-electron chi connectivity index (χ0n) is 12.9. The number of aliphatic hydroxyl groups is 1. The van der Waals surface area contributed by atoms with Crippen molar-refractivity contribution in [2.45, 2.75) is 43.1 Å². The predicted molar refractivity (Wildman–Crippen MR) is 87.4 cm³/mol. The fraction of sp³-hybridized carbons (Fsp3) is 0.562. The van der Waals surface area contributed by atoms with Crippen LogP contribution in [0.4, 0.5) is 9.18 Å². The van der Waals surface area contributed by atoms with Crippen molar-refractivity contribution in [3.63, 3.8) is 0 Å². The number of halogens is 1. The number of hydrogen-bond acceptors (Lipinski definition) is 3. The lowest BCUT2D eigenvalue weighted by Crippen LogP contribution is -2.46. The molecule has 0 radical (unpaired) electrons. The van der Waals surface area contributed by atoms with E-state index < -0.39 is 5.60 Å². The SMILES string of the molecule is CSC1CCC(NC(=O)NCC(C)(O)c2ccc(F)cc2)C1. The molecule has 3 N–H and O–H groups in total. The highest BCUT2D eigenvalue weighted by molar-refractivity contribution is 7.99. The Balaban J connectivity index is 1.81. The van der Waals surface area contributed by atoms with Crippen molar-refractivity contribution in [2.75, 3.05) is 12.8 Å². The highest BCUT2D eigenvalue weighted by Crippen LogP contribution is 2.28. The summed E-state index contributed by atoms with van der Waals surface area (Å²) < 4.78 is 12.9. The molecule has 1 aliphatic carbocycles. The zero-order chi connectivity index (χ0) is 16.2. The molecule has 4 nitrogen and oxygen atoms in total. The quantitative estimate of drug-likeness (QED) is 0.779. The molecule has 1 fully saturated rings. The van der Waals surface area contributed by atoms with Crippen LogP contribution in [0.2, 0.25) is 0 Å². The molecular formula is C16H23FN2O2S. The highest BCUT2D eigenvalue weighted by atomic mass is 32.2. The molecule has 2 rings (SSSR count). The minimum Gasteiger partial charge on any atom is -0.384 e. The van der Waals surface area contributed by atoms with Gasteiger partial charge in [0.25, 0.3) is 0 Å². The maximum Gasteiger partial charge on any atom is 0.315 e. The lowest BCUT2D eigenvalue weighted by molar-refractivity contribution is 0.0592. The van der Waals surface area contributed by atoms with Crippen LogP contribution in [-0.4, -0.2) is 35.2 Å². The summed E-state index contributed by atoms with van der Waals surface area (Å²) in [5.41, 5.74) is -0.666. The highest BCUT2D eigenvalue weighted by Gasteiger charge is 2.27. The van der Waals surface area contributed by atoms with Crippen molar-refractivity contribution in [1.29, 1.82) is 0 Å². The first-order valence-corrected chi connectivity index (χ1v) is 8.75. The molecule has 0 aromatic heterocycles. The van der Waals surface area contributed by atoms with Crippen molar-refractivity contribution in [2.24, 2.45) is 0 Å². The second-order valence-corrected chi connectivity index (χ2v) is 7.11. The van der Waals surface area contributed by atoms with Crippen LogP contribution in [0.15, 0.2) is 24.3 Å². The Morgan fingerprint density at radius 1 is 1.41 bits per heavy atom. The molecular weight excluding hydrogens is 303 g/mol. The number of hydrogen-bond donors (Lipinski definition) is 3. The van der Waals surface area contributed by atoms with Gasteiger partial charge in [-0.15, -0.1) is 0 Å². The fourth-order valence-electron chi connectivity index (χ4n) is 2.69. The van der Waals surface area contributed by atoms with Crippen molar-refractivity contribution in [3.05, 3.63) is 35.6 Å². The molecule has 0 saturated heterocycles. The molecule has 1 aromatic carbocycles. The maximum atomic E-state index is 12.9. The van der Waals surface area contributed by atoms with Gasteiger partial charge in [0.15, 0.2) is 0 Å². The summed E-state index contributed by atoms with van der Waals surface area (Å²) in [6, 6.07) is 5.57. The predicted octanol–water partition coefficient (Wildman–Crippen LogP) is 2.62. The van der Waals surface area contributed by atoms with Crippen LogP contribution in [0.5, 0.6) is 0 Å². The number of nitrogens with one attached hydrogen (secondary N) is 2. The van der Waals surface area contributed by atoms with Crippen LogP contribution in [0.25, 0.3) is 0 Å². The van der Waals surface area contributed by atoms with E-state index in [-0.39, 0.29) is 24.4 Å². The number of carbonyl (C=O) groups is 1. The molecule has 0 aliphatic heterocycles. The summed E-state index contributed by atoms with van der Waals surface area (Å²) >= 11 is 1.84. The number of amides is 2. The first-order valence-electron chi connectivity index (χ1n) is 7.46. The molecule has 1 aromatic rings. The molecule has 122 valence electrons. The van der Waals surface area contributed by atoms with E-state index in [1.807, 2.05) is 11.8 Å². The van der Waals surface area contributed by atoms with Crippen LogP contribution in [0.1, 0.15) is 31.7 Å². The Kier molecular flexibility index (Phi) is 5.69. The molecule has 1 saturated carbocycles. The summed E-state index contributed by atoms with van der Waals surface area (Å²) in [6.45, 7) is 1.67. The number of thioether (sulfide) groups is 1. The first kappa shape index (κ1) is 17.1. The summed E-state index contributed by atoms with van der Waals surface area (Å²) in [4.78, 5) is 11.9. The van der Waals surface area contributed by atoms with E-state index in [2.05, 4.69) is 16.9 Å². The van der Waals surface area contributed by atoms with E-state index in [9.17, 15) is 14.3 Å². The Morgan fingerprint density at radius 2 is 2.09 bits per heavy atom. The molecule has 6 heteroatoms. The van der Waals surface area contributed by atoms with Gasteiger partial charge in [-0.3, -0.25) is 0 Å². The standard InChI is InChI=1S/C16H23FN2O2S/c1-16(21,11-3-5-12(17)6-4-11)10-18-15(20)19-13-7-8-14(9-13)22-2/h3-6,13-14,21H,7-10H2,1-2H3,(H2,18,19,20). The largest absolute Gasteiger partial charge is 0.384 e. The average Bonchev–Trinajstić information content (AvgIpc) is 2.93. The zero-order valence-corrected chi connectivity index (χ0v) is 13.8. The summed E-state index contributed by atoms with van der Waals surface area (Å²) in [6.07, 6.45) is 5.20. The van der Waals surface area contributed by atoms with E-state index >= 15 is 0 Å². The Labute approximate surface area is 134 Å².